The van der Waals surface area contributed by atoms with Gasteiger partial charge in [-0.2, -0.15) is 13.2 Å². The van der Waals surface area contributed by atoms with Crippen molar-refractivity contribution in [3.05, 3.63) is 53.3 Å². The monoisotopic (exact) mass is 393 g/mol. The first-order valence-electron chi connectivity index (χ1n) is 8.36. The van der Waals surface area contributed by atoms with E-state index in [2.05, 4.69) is 19.9 Å². The van der Waals surface area contributed by atoms with Gasteiger partial charge in [0.25, 0.3) is 0 Å². The minimum atomic E-state index is -4.46. The molecule has 1 fully saturated rings. The van der Waals surface area contributed by atoms with Crippen LogP contribution in [0.2, 0.25) is 5.02 Å². The van der Waals surface area contributed by atoms with E-state index in [0.717, 1.165) is 29.1 Å². The summed E-state index contributed by atoms with van der Waals surface area (Å²) < 4.78 is 38.3. The van der Waals surface area contributed by atoms with Gasteiger partial charge in [0.1, 0.15) is 11.6 Å². The quantitative estimate of drug-likeness (QED) is 0.658. The van der Waals surface area contributed by atoms with Crippen molar-refractivity contribution in [3.63, 3.8) is 0 Å². The first kappa shape index (κ1) is 17.8. The van der Waals surface area contributed by atoms with E-state index in [-0.39, 0.29) is 5.02 Å². The van der Waals surface area contributed by atoms with E-state index in [1.807, 2.05) is 29.2 Å². The standard InChI is InChI=1S/C18H15ClF3N5/c19-13-9-12(18(20,21)22)10-24-17(13)27-7-5-26(6-8-27)16-11-23-14-3-1-2-4-15(14)25-16/h1-4,9-11H,5-8H2. The SMILES string of the molecule is FC(F)(F)c1cnc(N2CCN(c3cnc4ccccc4n3)CC2)c(Cl)c1. The smallest absolute Gasteiger partial charge is 0.352 e. The Labute approximate surface area is 158 Å². The maximum absolute atomic E-state index is 12.8. The molecule has 2 aromatic heterocycles. The number of piperazine rings is 1. The molecule has 1 aromatic carbocycles. The summed E-state index contributed by atoms with van der Waals surface area (Å²) in [6.45, 7) is 2.44. The number of pyridine rings is 1. The third-order valence-corrected chi connectivity index (χ3v) is 4.77. The fourth-order valence-corrected chi connectivity index (χ4v) is 3.35. The van der Waals surface area contributed by atoms with Crippen LogP contribution in [0.4, 0.5) is 24.8 Å². The second-order valence-electron chi connectivity index (χ2n) is 6.22. The Morgan fingerprint density at radius 2 is 1.56 bits per heavy atom. The van der Waals surface area contributed by atoms with Gasteiger partial charge in [0.2, 0.25) is 0 Å². The second-order valence-corrected chi connectivity index (χ2v) is 6.63. The number of aromatic nitrogens is 3. The average molecular weight is 394 g/mol. The van der Waals surface area contributed by atoms with Crippen LogP contribution >= 0.6 is 11.6 Å². The zero-order valence-corrected chi connectivity index (χ0v) is 14.9. The van der Waals surface area contributed by atoms with Crippen LogP contribution in [0, 0.1) is 0 Å². The van der Waals surface area contributed by atoms with Gasteiger partial charge in [-0.25, -0.2) is 9.97 Å². The Morgan fingerprint density at radius 1 is 0.889 bits per heavy atom. The highest BCUT2D eigenvalue weighted by Crippen LogP contribution is 2.33. The molecule has 1 aliphatic heterocycles. The first-order valence-corrected chi connectivity index (χ1v) is 8.74. The van der Waals surface area contributed by atoms with Crippen LogP contribution in [-0.4, -0.2) is 41.1 Å². The largest absolute Gasteiger partial charge is 0.417 e. The molecular formula is C18H15ClF3N5. The fraction of sp³-hybridized carbons (Fsp3) is 0.278. The van der Waals surface area contributed by atoms with Crippen LogP contribution in [0.5, 0.6) is 0 Å². The highest BCUT2D eigenvalue weighted by Gasteiger charge is 2.32. The molecule has 0 saturated carbocycles. The van der Waals surface area contributed by atoms with Crippen LogP contribution < -0.4 is 9.80 Å². The predicted molar refractivity (Wildman–Crippen MR) is 98.2 cm³/mol. The van der Waals surface area contributed by atoms with Crippen molar-refractivity contribution in [1.82, 2.24) is 15.0 Å². The van der Waals surface area contributed by atoms with Crippen molar-refractivity contribution in [1.29, 1.82) is 0 Å². The molecule has 0 radical (unpaired) electrons. The van der Waals surface area contributed by atoms with Gasteiger partial charge in [-0.15, -0.1) is 0 Å². The lowest BCUT2D eigenvalue weighted by Crippen LogP contribution is -2.47. The Kier molecular flexibility index (Phi) is 4.51. The van der Waals surface area contributed by atoms with E-state index in [0.29, 0.717) is 32.0 Å². The number of hydrogen-bond acceptors (Lipinski definition) is 5. The summed E-state index contributed by atoms with van der Waals surface area (Å²) in [5.41, 5.74) is 0.812. The van der Waals surface area contributed by atoms with Crippen LogP contribution in [0.1, 0.15) is 5.56 Å². The lowest BCUT2D eigenvalue weighted by atomic mass is 10.2. The molecule has 9 heteroatoms. The van der Waals surface area contributed by atoms with E-state index in [1.54, 1.807) is 6.20 Å². The maximum atomic E-state index is 12.8. The Hall–Kier alpha value is -2.61. The van der Waals surface area contributed by atoms with E-state index >= 15 is 0 Å². The summed E-state index contributed by atoms with van der Waals surface area (Å²) in [6, 6.07) is 8.56. The summed E-state index contributed by atoms with van der Waals surface area (Å²) >= 11 is 6.05. The minimum absolute atomic E-state index is 0.00349. The van der Waals surface area contributed by atoms with Crippen LogP contribution in [-0.2, 0) is 6.18 Å². The number of para-hydroxylation sites is 2. The Balaban J connectivity index is 1.48. The molecule has 0 aliphatic carbocycles. The van der Waals surface area contributed by atoms with Crippen molar-refractivity contribution in [2.75, 3.05) is 36.0 Å². The Bertz CT molecular complexity index is 971. The molecule has 0 N–H and O–H groups in total. The molecule has 0 unspecified atom stereocenters. The molecule has 4 rings (SSSR count). The van der Waals surface area contributed by atoms with Gasteiger partial charge in [-0.05, 0) is 18.2 Å². The third-order valence-electron chi connectivity index (χ3n) is 4.49. The fourth-order valence-electron chi connectivity index (χ4n) is 3.07. The molecule has 0 spiro atoms. The summed E-state index contributed by atoms with van der Waals surface area (Å²) in [7, 11) is 0. The Morgan fingerprint density at radius 3 is 2.22 bits per heavy atom. The number of nitrogens with zero attached hydrogens (tertiary/aromatic N) is 5. The lowest BCUT2D eigenvalue weighted by Gasteiger charge is -2.36. The molecule has 1 aliphatic rings. The van der Waals surface area contributed by atoms with Crippen LogP contribution in [0.3, 0.4) is 0 Å². The maximum Gasteiger partial charge on any atom is 0.417 e. The van der Waals surface area contributed by atoms with Gasteiger partial charge in [-0.3, -0.25) is 4.98 Å². The molecule has 3 heterocycles. The number of benzene rings is 1. The van der Waals surface area contributed by atoms with Gasteiger partial charge in [0.05, 0.1) is 27.8 Å². The van der Waals surface area contributed by atoms with Crippen molar-refractivity contribution in [3.8, 4) is 0 Å². The summed E-state index contributed by atoms with van der Waals surface area (Å²) in [5.74, 6) is 1.15. The second kappa shape index (κ2) is 6.84. The summed E-state index contributed by atoms with van der Waals surface area (Å²) in [6.07, 6.45) is -1.90. The molecule has 0 atom stereocenters. The topological polar surface area (TPSA) is 45.2 Å². The van der Waals surface area contributed by atoms with E-state index < -0.39 is 11.7 Å². The molecule has 3 aromatic rings. The zero-order valence-electron chi connectivity index (χ0n) is 14.1. The highest BCUT2D eigenvalue weighted by atomic mass is 35.5. The van der Waals surface area contributed by atoms with Crippen molar-refractivity contribution in [2.24, 2.45) is 0 Å². The first-order chi connectivity index (χ1) is 12.9. The van der Waals surface area contributed by atoms with E-state index in [1.165, 1.54) is 0 Å². The van der Waals surface area contributed by atoms with E-state index in [4.69, 9.17) is 11.6 Å². The minimum Gasteiger partial charge on any atom is -0.352 e. The van der Waals surface area contributed by atoms with E-state index in [9.17, 15) is 13.2 Å². The molecule has 0 amide bonds. The number of rotatable bonds is 2. The number of anilines is 2. The molecule has 140 valence electrons. The van der Waals surface area contributed by atoms with Gasteiger partial charge in [0.15, 0.2) is 0 Å². The summed E-state index contributed by atoms with van der Waals surface area (Å²) in [5, 5.41) is 0.00349. The van der Waals surface area contributed by atoms with Gasteiger partial charge >= 0.3 is 6.18 Å². The molecule has 5 nitrogen and oxygen atoms in total. The molecule has 1 saturated heterocycles. The number of fused-ring (bicyclic) bond motifs is 1. The van der Waals surface area contributed by atoms with Crippen molar-refractivity contribution in [2.45, 2.75) is 6.18 Å². The van der Waals surface area contributed by atoms with Crippen molar-refractivity contribution < 1.29 is 13.2 Å². The molecular weight excluding hydrogens is 379 g/mol. The average Bonchev–Trinajstić information content (AvgIpc) is 2.67. The van der Waals surface area contributed by atoms with Crippen LogP contribution in [0.15, 0.2) is 42.7 Å². The van der Waals surface area contributed by atoms with Crippen molar-refractivity contribution >= 4 is 34.3 Å². The normalized spacial score (nSPS) is 15.4. The zero-order chi connectivity index (χ0) is 19.0. The van der Waals surface area contributed by atoms with Crippen LogP contribution in [0.25, 0.3) is 11.0 Å². The predicted octanol–water partition coefficient (Wildman–Crippen LogP) is 4.02. The van der Waals surface area contributed by atoms with Gasteiger partial charge < -0.3 is 9.80 Å². The lowest BCUT2D eigenvalue weighted by molar-refractivity contribution is -0.137. The molecule has 27 heavy (non-hydrogen) atoms. The van der Waals surface area contributed by atoms with Gasteiger partial charge in [-0.1, -0.05) is 23.7 Å². The molecule has 0 bridgehead atoms. The number of halogens is 4. The van der Waals surface area contributed by atoms with Gasteiger partial charge in [0, 0.05) is 32.4 Å². The number of hydrogen-bond donors (Lipinski definition) is 0. The third kappa shape index (κ3) is 3.62. The summed E-state index contributed by atoms with van der Waals surface area (Å²) in [4.78, 5) is 17.0. The highest BCUT2D eigenvalue weighted by molar-refractivity contribution is 6.33. The number of alkyl halides is 3.